The topological polar surface area (TPSA) is 107 Å². The first-order valence-electron chi connectivity index (χ1n) is 6.57. The number of benzene rings is 1. The maximum atomic E-state index is 11.0. The highest BCUT2D eigenvalue weighted by atomic mass is 16.6. The first-order chi connectivity index (χ1) is 9.55. The lowest BCUT2D eigenvalue weighted by Gasteiger charge is -2.30. The van der Waals surface area contributed by atoms with Crippen molar-refractivity contribution in [2.75, 3.05) is 11.9 Å². The Hall–Kier alpha value is -2.15. The lowest BCUT2D eigenvalue weighted by Crippen LogP contribution is -2.44. The highest BCUT2D eigenvalue weighted by Gasteiger charge is 2.27. The van der Waals surface area contributed by atoms with E-state index < -0.39 is 4.92 Å². The van der Waals surface area contributed by atoms with Gasteiger partial charge in [-0.15, -0.1) is 0 Å². The number of hydrogen-bond acceptors (Lipinski definition) is 6. The molecule has 1 aromatic carbocycles. The monoisotopic (exact) mass is 278 g/mol. The molecule has 0 aliphatic rings. The summed E-state index contributed by atoms with van der Waals surface area (Å²) in [6, 6.07) is 4.90. The van der Waals surface area contributed by atoms with Gasteiger partial charge in [-0.25, -0.2) is 0 Å². The summed E-state index contributed by atoms with van der Waals surface area (Å²) in [4.78, 5) is 14.7. The van der Waals surface area contributed by atoms with Crippen LogP contribution in [0.5, 0.6) is 0 Å². The quantitative estimate of drug-likeness (QED) is 0.621. The summed E-state index contributed by atoms with van der Waals surface area (Å²) in [6.45, 7) is 4.48. The van der Waals surface area contributed by atoms with E-state index in [4.69, 9.17) is 10.2 Å². The van der Waals surface area contributed by atoms with E-state index in [1.165, 1.54) is 6.07 Å². The molecule has 2 aromatic rings. The molecule has 20 heavy (non-hydrogen) atoms. The van der Waals surface area contributed by atoms with Gasteiger partial charge < -0.3 is 15.5 Å². The van der Waals surface area contributed by atoms with Crippen LogP contribution in [0.1, 0.15) is 26.7 Å². The number of anilines is 1. The Morgan fingerprint density at radius 3 is 2.70 bits per heavy atom. The smallest absolute Gasteiger partial charge is 0.298 e. The van der Waals surface area contributed by atoms with E-state index in [0.29, 0.717) is 12.1 Å². The molecule has 2 rings (SSSR count). The third-order valence-corrected chi connectivity index (χ3v) is 3.71. The molecule has 1 aromatic heterocycles. The Kier molecular flexibility index (Phi) is 3.89. The Labute approximate surface area is 116 Å². The molecule has 3 N–H and O–H groups in total. The van der Waals surface area contributed by atoms with E-state index in [9.17, 15) is 10.1 Å². The van der Waals surface area contributed by atoms with E-state index in [0.717, 1.165) is 12.8 Å². The average molecular weight is 278 g/mol. The lowest BCUT2D eigenvalue weighted by atomic mass is 9.93. The number of oxazole rings is 1. The predicted octanol–water partition coefficient (Wildman–Crippen LogP) is 2.67. The SMILES string of the molecule is CCC(CC)(CN)Nc1nc2c([N+](=O)[O-])cccc2o1. The van der Waals surface area contributed by atoms with E-state index in [-0.39, 0.29) is 22.8 Å². The maximum Gasteiger partial charge on any atom is 0.298 e. The number of para-hydroxylation sites is 1. The Bertz CT molecular complexity index is 611. The Balaban J connectivity index is 2.42. The fraction of sp³-hybridized carbons (Fsp3) is 0.462. The van der Waals surface area contributed by atoms with Gasteiger partial charge in [0, 0.05) is 12.6 Å². The van der Waals surface area contributed by atoms with Crippen molar-refractivity contribution in [2.45, 2.75) is 32.2 Å². The summed E-state index contributed by atoms with van der Waals surface area (Å²) in [5.41, 5.74) is 6.07. The van der Waals surface area contributed by atoms with Crippen molar-refractivity contribution in [2.24, 2.45) is 5.73 Å². The molecule has 0 saturated heterocycles. The van der Waals surface area contributed by atoms with Crippen LogP contribution in [0.25, 0.3) is 11.1 Å². The van der Waals surface area contributed by atoms with Crippen molar-refractivity contribution in [1.29, 1.82) is 0 Å². The van der Waals surface area contributed by atoms with Gasteiger partial charge in [-0.2, -0.15) is 4.98 Å². The second-order valence-electron chi connectivity index (χ2n) is 4.72. The van der Waals surface area contributed by atoms with Gasteiger partial charge in [0.25, 0.3) is 11.7 Å². The molecule has 108 valence electrons. The Morgan fingerprint density at radius 1 is 1.45 bits per heavy atom. The van der Waals surface area contributed by atoms with Crippen molar-refractivity contribution in [3.63, 3.8) is 0 Å². The van der Waals surface area contributed by atoms with Gasteiger partial charge in [0.05, 0.1) is 10.5 Å². The van der Waals surface area contributed by atoms with Crippen molar-refractivity contribution in [1.82, 2.24) is 4.98 Å². The number of nitrogens with zero attached hydrogens (tertiary/aromatic N) is 2. The summed E-state index contributed by atoms with van der Waals surface area (Å²) in [6.07, 6.45) is 1.61. The van der Waals surface area contributed by atoms with Crippen LogP contribution in [0.3, 0.4) is 0 Å². The molecule has 0 spiro atoms. The highest BCUT2D eigenvalue weighted by molar-refractivity contribution is 5.84. The zero-order valence-electron chi connectivity index (χ0n) is 11.5. The van der Waals surface area contributed by atoms with Crippen LogP contribution in [-0.2, 0) is 0 Å². The lowest BCUT2D eigenvalue weighted by molar-refractivity contribution is -0.383. The summed E-state index contributed by atoms with van der Waals surface area (Å²) in [5.74, 6) is 0. The molecule has 0 aliphatic heterocycles. The fourth-order valence-corrected chi connectivity index (χ4v) is 2.13. The number of nitro groups is 1. The van der Waals surface area contributed by atoms with Crippen LogP contribution < -0.4 is 11.1 Å². The molecule has 0 unspecified atom stereocenters. The van der Waals surface area contributed by atoms with Crippen LogP contribution in [0, 0.1) is 10.1 Å². The second-order valence-corrected chi connectivity index (χ2v) is 4.72. The van der Waals surface area contributed by atoms with Gasteiger partial charge in [0.2, 0.25) is 0 Å². The summed E-state index contributed by atoms with van der Waals surface area (Å²) >= 11 is 0. The molecule has 0 amide bonds. The largest absolute Gasteiger partial charge is 0.423 e. The van der Waals surface area contributed by atoms with Gasteiger partial charge in [0.15, 0.2) is 11.1 Å². The van der Waals surface area contributed by atoms with Crippen molar-refractivity contribution < 1.29 is 9.34 Å². The first kappa shape index (κ1) is 14.3. The second kappa shape index (κ2) is 5.46. The van der Waals surface area contributed by atoms with Crippen LogP contribution >= 0.6 is 0 Å². The van der Waals surface area contributed by atoms with Gasteiger partial charge >= 0.3 is 0 Å². The molecule has 0 saturated carbocycles. The minimum Gasteiger partial charge on any atom is -0.423 e. The molecular weight excluding hydrogens is 260 g/mol. The highest BCUT2D eigenvalue weighted by Crippen LogP contribution is 2.29. The standard InChI is InChI=1S/C13H18N4O3/c1-3-13(4-2,8-14)16-12-15-11-9(17(18)19)6-5-7-10(11)20-12/h5-7H,3-4,8,14H2,1-2H3,(H,15,16). The van der Waals surface area contributed by atoms with E-state index >= 15 is 0 Å². The molecule has 7 heteroatoms. The average Bonchev–Trinajstić information content (AvgIpc) is 2.86. The summed E-state index contributed by atoms with van der Waals surface area (Å²) in [5, 5.41) is 14.1. The molecule has 0 fully saturated rings. The van der Waals surface area contributed by atoms with Crippen molar-refractivity contribution in [3.05, 3.63) is 28.3 Å². The number of non-ortho nitro benzene ring substituents is 1. The summed E-state index contributed by atoms with van der Waals surface area (Å²) in [7, 11) is 0. The fourth-order valence-electron chi connectivity index (χ4n) is 2.13. The molecule has 7 nitrogen and oxygen atoms in total. The normalized spacial score (nSPS) is 11.8. The number of rotatable bonds is 6. The van der Waals surface area contributed by atoms with Gasteiger partial charge in [-0.1, -0.05) is 19.9 Å². The third-order valence-electron chi connectivity index (χ3n) is 3.71. The van der Waals surface area contributed by atoms with E-state index in [1.807, 2.05) is 13.8 Å². The zero-order valence-corrected chi connectivity index (χ0v) is 11.5. The van der Waals surface area contributed by atoms with Gasteiger partial charge in [0.1, 0.15) is 0 Å². The molecule has 0 radical (unpaired) electrons. The van der Waals surface area contributed by atoms with Gasteiger partial charge in [-0.3, -0.25) is 10.1 Å². The van der Waals surface area contributed by atoms with E-state index in [1.54, 1.807) is 12.1 Å². The molecule has 0 atom stereocenters. The van der Waals surface area contributed by atoms with E-state index in [2.05, 4.69) is 10.3 Å². The predicted molar refractivity (Wildman–Crippen MR) is 76.7 cm³/mol. The van der Waals surface area contributed by atoms with Gasteiger partial charge in [-0.05, 0) is 18.9 Å². The number of hydrogen-bond donors (Lipinski definition) is 2. The molecule has 0 bridgehead atoms. The molecule has 0 aliphatic carbocycles. The number of aromatic nitrogens is 1. The van der Waals surface area contributed by atoms with Crippen molar-refractivity contribution >= 4 is 22.8 Å². The Morgan fingerprint density at radius 2 is 2.15 bits per heavy atom. The van der Waals surface area contributed by atoms with Crippen LogP contribution in [-0.4, -0.2) is 22.0 Å². The maximum absolute atomic E-state index is 11.0. The minimum atomic E-state index is -0.468. The van der Waals surface area contributed by atoms with Crippen LogP contribution in [0.4, 0.5) is 11.7 Å². The number of fused-ring (bicyclic) bond motifs is 1. The number of nitro benzene ring substituents is 1. The van der Waals surface area contributed by atoms with Crippen LogP contribution in [0.2, 0.25) is 0 Å². The van der Waals surface area contributed by atoms with Crippen LogP contribution in [0.15, 0.2) is 22.6 Å². The molecular formula is C13H18N4O3. The minimum absolute atomic E-state index is 0.0642. The summed E-state index contributed by atoms with van der Waals surface area (Å²) < 4.78 is 5.54. The third kappa shape index (κ3) is 2.44. The number of nitrogens with two attached hydrogens (primary N) is 1. The first-order valence-corrected chi connectivity index (χ1v) is 6.57. The zero-order chi connectivity index (χ0) is 14.8. The molecule has 1 heterocycles. The van der Waals surface area contributed by atoms with Crippen molar-refractivity contribution in [3.8, 4) is 0 Å². The number of nitrogens with one attached hydrogen (secondary N) is 1.